The quantitative estimate of drug-likeness (QED) is 0.295. The summed E-state index contributed by atoms with van der Waals surface area (Å²) in [5, 5.41) is 2.07. The lowest BCUT2D eigenvalue weighted by Gasteiger charge is -2.24. The SMILES string of the molecule is CN(C)CC#Cc1cc(N=CCCC2CCC2)ccc1NC(=O)c1c[nH]c2cccc(C(F)(F)F)c2c1=O. The van der Waals surface area contributed by atoms with E-state index in [0.717, 1.165) is 31.0 Å². The van der Waals surface area contributed by atoms with Gasteiger partial charge in [0.2, 0.25) is 5.43 Å². The van der Waals surface area contributed by atoms with Crippen LogP contribution in [0, 0.1) is 17.8 Å². The van der Waals surface area contributed by atoms with Crippen LogP contribution in [0.3, 0.4) is 0 Å². The van der Waals surface area contributed by atoms with Crippen LogP contribution < -0.4 is 10.7 Å². The van der Waals surface area contributed by atoms with E-state index in [2.05, 4.69) is 27.1 Å². The van der Waals surface area contributed by atoms with Crippen molar-refractivity contribution in [3.63, 3.8) is 0 Å². The molecule has 198 valence electrons. The van der Waals surface area contributed by atoms with E-state index in [0.29, 0.717) is 23.5 Å². The zero-order chi connectivity index (χ0) is 27.3. The Morgan fingerprint density at radius 2 is 2.03 bits per heavy atom. The first-order valence-corrected chi connectivity index (χ1v) is 12.5. The second-order valence-electron chi connectivity index (χ2n) is 9.67. The van der Waals surface area contributed by atoms with Crippen molar-refractivity contribution >= 4 is 34.4 Å². The van der Waals surface area contributed by atoms with E-state index in [1.807, 2.05) is 25.2 Å². The third kappa shape index (κ3) is 6.50. The summed E-state index contributed by atoms with van der Waals surface area (Å²) in [7, 11) is 3.75. The number of hydrogen-bond donors (Lipinski definition) is 2. The normalized spacial score (nSPS) is 13.9. The van der Waals surface area contributed by atoms with Gasteiger partial charge in [0.15, 0.2) is 0 Å². The Hall–Kier alpha value is -3.90. The van der Waals surface area contributed by atoms with Crippen molar-refractivity contribution in [3.8, 4) is 11.8 Å². The Kier molecular flexibility index (Phi) is 8.32. The minimum absolute atomic E-state index is 0.00358. The molecule has 6 nitrogen and oxygen atoms in total. The molecule has 4 rings (SSSR count). The van der Waals surface area contributed by atoms with Gasteiger partial charge in [-0.3, -0.25) is 19.5 Å². The number of halogens is 3. The number of alkyl halides is 3. The number of carbonyl (C=O) groups excluding carboxylic acids is 1. The van der Waals surface area contributed by atoms with Crippen molar-refractivity contribution in [2.45, 2.75) is 38.3 Å². The smallest absolute Gasteiger partial charge is 0.360 e. The molecule has 0 radical (unpaired) electrons. The zero-order valence-corrected chi connectivity index (χ0v) is 21.3. The molecule has 1 aliphatic carbocycles. The fraction of sp³-hybridized carbons (Fsp3) is 0.345. The molecule has 1 amide bonds. The molecule has 38 heavy (non-hydrogen) atoms. The number of nitrogens with zero attached hydrogens (tertiary/aromatic N) is 2. The summed E-state index contributed by atoms with van der Waals surface area (Å²) in [6.45, 7) is 0.479. The van der Waals surface area contributed by atoms with E-state index in [4.69, 9.17) is 0 Å². The Morgan fingerprint density at radius 3 is 2.71 bits per heavy atom. The van der Waals surface area contributed by atoms with Crippen molar-refractivity contribution in [3.05, 3.63) is 69.5 Å². The third-order valence-electron chi connectivity index (χ3n) is 6.50. The van der Waals surface area contributed by atoms with Crippen LogP contribution in [0.2, 0.25) is 0 Å². The molecular formula is C29H29F3N4O2. The molecule has 0 aliphatic heterocycles. The Balaban J connectivity index is 1.62. The molecule has 1 aliphatic rings. The van der Waals surface area contributed by atoms with E-state index < -0.39 is 34.0 Å². The molecule has 9 heteroatoms. The zero-order valence-electron chi connectivity index (χ0n) is 21.3. The molecule has 1 saturated carbocycles. The highest BCUT2D eigenvalue weighted by Crippen LogP contribution is 2.33. The van der Waals surface area contributed by atoms with Gasteiger partial charge in [0, 0.05) is 17.9 Å². The van der Waals surface area contributed by atoms with E-state index >= 15 is 0 Å². The lowest BCUT2D eigenvalue weighted by Crippen LogP contribution is -2.24. The van der Waals surface area contributed by atoms with Gasteiger partial charge in [-0.05, 0) is 63.2 Å². The Morgan fingerprint density at radius 1 is 1.24 bits per heavy atom. The van der Waals surface area contributed by atoms with Crippen molar-refractivity contribution in [2.75, 3.05) is 26.0 Å². The van der Waals surface area contributed by atoms with Crippen LogP contribution in [0.5, 0.6) is 0 Å². The number of aliphatic imine (C=N–C) groups is 1. The van der Waals surface area contributed by atoms with Gasteiger partial charge in [0.05, 0.1) is 34.4 Å². The van der Waals surface area contributed by atoms with Crippen LogP contribution >= 0.6 is 0 Å². The van der Waals surface area contributed by atoms with Gasteiger partial charge < -0.3 is 10.3 Å². The molecule has 0 spiro atoms. The predicted octanol–water partition coefficient (Wildman–Crippen LogP) is 5.99. The molecule has 1 heterocycles. The number of hydrogen-bond acceptors (Lipinski definition) is 4. The van der Waals surface area contributed by atoms with Crippen LogP contribution in [0.25, 0.3) is 10.9 Å². The van der Waals surface area contributed by atoms with Crippen molar-refractivity contribution in [1.29, 1.82) is 0 Å². The van der Waals surface area contributed by atoms with Crippen molar-refractivity contribution in [2.24, 2.45) is 10.9 Å². The number of benzene rings is 2. The first kappa shape index (κ1) is 27.1. The highest BCUT2D eigenvalue weighted by molar-refractivity contribution is 6.06. The first-order valence-electron chi connectivity index (χ1n) is 12.5. The fourth-order valence-electron chi connectivity index (χ4n) is 4.24. The molecule has 0 bridgehead atoms. The number of aromatic amines is 1. The summed E-state index contributed by atoms with van der Waals surface area (Å²) in [5.41, 5.74) is -1.04. The van der Waals surface area contributed by atoms with Crippen LogP contribution in [0.15, 0.2) is 52.4 Å². The second-order valence-corrected chi connectivity index (χ2v) is 9.67. The third-order valence-corrected chi connectivity index (χ3v) is 6.50. The number of amides is 1. The van der Waals surface area contributed by atoms with Crippen LogP contribution in [-0.2, 0) is 6.18 Å². The van der Waals surface area contributed by atoms with Gasteiger partial charge in [-0.2, -0.15) is 13.2 Å². The minimum atomic E-state index is -4.75. The Labute approximate surface area is 219 Å². The summed E-state index contributed by atoms with van der Waals surface area (Å²) in [6, 6.07) is 8.48. The van der Waals surface area contributed by atoms with Gasteiger partial charge >= 0.3 is 6.18 Å². The molecule has 0 unspecified atom stereocenters. The lowest BCUT2D eigenvalue weighted by molar-refractivity contribution is -0.136. The number of aromatic nitrogens is 1. The molecule has 0 atom stereocenters. The van der Waals surface area contributed by atoms with Crippen LogP contribution in [-0.4, -0.2) is 42.6 Å². The topological polar surface area (TPSA) is 77.6 Å². The number of rotatable bonds is 7. The largest absolute Gasteiger partial charge is 0.417 e. The molecule has 0 saturated heterocycles. The summed E-state index contributed by atoms with van der Waals surface area (Å²) in [6.07, 6.45) is 4.13. The maximum atomic E-state index is 13.5. The minimum Gasteiger partial charge on any atom is -0.360 e. The molecule has 1 fully saturated rings. The first-order chi connectivity index (χ1) is 18.1. The number of nitrogens with one attached hydrogen (secondary N) is 2. The van der Waals surface area contributed by atoms with Gasteiger partial charge in [-0.15, -0.1) is 0 Å². The molecule has 2 aromatic carbocycles. The van der Waals surface area contributed by atoms with E-state index in [1.54, 1.807) is 18.2 Å². The number of H-pyrrole nitrogens is 1. The summed E-state index contributed by atoms with van der Waals surface area (Å²) >= 11 is 0. The maximum Gasteiger partial charge on any atom is 0.417 e. The number of pyridine rings is 1. The van der Waals surface area contributed by atoms with Gasteiger partial charge in [-0.1, -0.05) is 37.2 Å². The summed E-state index contributed by atoms with van der Waals surface area (Å²) < 4.78 is 40.6. The monoisotopic (exact) mass is 522 g/mol. The van der Waals surface area contributed by atoms with Crippen molar-refractivity contribution < 1.29 is 18.0 Å². The molecular weight excluding hydrogens is 493 g/mol. The van der Waals surface area contributed by atoms with Gasteiger partial charge in [0.25, 0.3) is 5.91 Å². The maximum absolute atomic E-state index is 13.5. The highest BCUT2D eigenvalue weighted by atomic mass is 19.4. The standard InChI is InChI=1S/C29H29F3N4O2/c1-36(2)16-6-10-20-17-21(33-15-5-9-19-7-3-8-19)13-14-24(20)35-28(38)22-18-34-25-12-4-11-23(29(30,31)32)26(25)27(22)37/h4,11-15,17-19H,3,5,7-9,16H2,1-2H3,(H,34,37)(H,35,38). The summed E-state index contributed by atoms with van der Waals surface area (Å²) in [4.78, 5) is 35.1. The van der Waals surface area contributed by atoms with E-state index in [1.165, 1.54) is 31.4 Å². The van der Waals surface area contributed by atoms with E-state index in [-0.39, 0.29) is 5.52 Å². The van der Waals surface area contributed by atoms with Gasteiger partial charge in [0.1, 0.15) is 5.56 Å². The molecule has 2 N–H and O–H groups in total. The van der Waals surface area contributed by atoms with Crippen LogP contribution in [0.1, 0.15) is 53.6 Å². The van der Waals surface area contributed by atoms with Crippen molar-refractivity contribution in [1.82, 2.24) is 9.88 Å². The molecule has 1 aromatic heterocycles. The number of fused-ring (bicyclic) bond motifs is 1. The summed E-state index contributed by atoms with van der Waals surface area (Å²) in [5.74, 6) is 6.00. The lowest BCUT2D eigenvalue weighted by atomic mass is 9.82. The fourth-order valence-corrected chi connectivity index (χ4v) is 4.24. The number of anilines is 1. The molecule has 3 aromatic rings. The average molecular weight is 523 g/mol. The highest BCUT2D eigenvalue weighted by Gasteiger charge is 2.34. The predicted molar refractivity (Wildman–Crippen MR) is 144 cm³/mol. The Bertz CT molecular complexity index is 1480. The van der Waals surface area contributed by atoms with E-state index in [9.17, 15) is 22.8 Å². The van der Waals surface area contributed by atoms with Gasteiger partial charge in [-0.25, -0.2) is 0 Å². The van der Waals surface area contributed by atoms with Crippen LogP contribution in [0.4, 0.5) is 24.5 Å². The number of carbonyl (C=O) groups is 1. The second kappa shape index (κ2) is 11.7. The average Bonchev–Trinajstić information content (AvgIpc) is 2.83.